The van der Waals surface area contributed by atoms with Gasteiger partial charge in [-0.3, -0.25) is 9.89 Å². The highest BCUT2D eigenvalue weighted by Crippen LogP contribution is 2.31. The molecule has 3 aliphatic heterocycles. The largest absolute Gasteiger partial charge is 0.381 e. The fraction of sp³-hybridized carbons (Fsp3) is 0.960. The topological polar surface area (TPSA) is 52.1 Å². The van der Waals surface area contributed by atoms with Crippen LogP contribution < -0.4 is 10.6 Å². The van der Waals surface area contributed by atoms with Crippen LogP contribution in [0.5, 0.6) is 0 Å². The van der Waals surface area contributed by atoms with Crippen LogP contribution in [-0.2, 0) is 4.74 Å². The number of halogens is 1. The van der Waals surface area contributed by atoms with E-state index in [0.29, 0.717) is 6.04 Å². The Morgan fingerprint density at radius 3 is 2.28 bits per heavy atom. The molecule has 7 heteroatoms. The first-order chi connectivity index (χ1) is 15.3. The summed E-state index contributed by atoms with van der Waals surface area (Å²) >= 11 is 0. The highest BCUT2D eigenvalue weighted by Gasteiger charge is 2.39. The van der Waals surface area contributed by atoms with Crippen molar-refractivity contribution in [3.05, 3.63) is 0 Å². The molecule has 1 aliphatic carbocycles. The smallest absolute Gasteiger partial charge is 0.191 e. The van der Waals surface area contributed by atoms with Crippen LogP contribution in [0.4, 0.5) is 0 Å². The van der Waals surface area contributed by atoms with Crippen LogP contribution in [0.15, 0.2) is 4.99 Å². The van der Waals surface area contributed by atoms with Crippen molar-refractivity contribution in [2.24, 2.45) is 10.9 Å². The molecule has 0 bridgehead atoms. The summed E-state index contributed by atoms with van der Waals surface area (Å²) in [7, 11) is 0. The lowest BCUT2D eigenvalue weighted by molar-refractivity contribution is -0.0139. The van der Waals surface area contributed by atoms with Gasteiger partial charge in [-0.15, -0.1) is 24.0 Å². The molecular formula is C25H48IN5O. The van der Waals surface area contributed by atoms with E-state index in [1.54, 1.807) is 0 Å². The zero-order chi connectivity index (χ0) is 21.4. The number of hydrogen-bond donors (Lipinski definition) is 2. The Kier molecular flexibility index (Phi) is 11.3. The molecule has 32 heavy (non-hydrogen) atoms. The molecule has 0 atom stereocenters. The van der Waals surface area contributed by atoms with Crippen molar-refractivity contribution >= 4 is 29.9 Å². The normalized spacial score (nSPS) is 26.6. The number of rotatable bonds is 7. The summed E-state index contributed by atoms with van der Waals surface area (Å²) in [6.45, 7) is 12.0. The van der Waals surface area contributed by atoms with Crippen molar-refractivity contribution in [2.45, 2.75) is 89.1 Å². The summed E-state index contributed by atoms with van der Waals surface area (Å²) in [5, 5.41) is 7.32. The SMILES string of the molecule is CCNC(=NCC1(N2CCCC2)CCOCC1)NC1CCN(CC2CCCCC2)CC1.I. The first-order valence-corrected chi connectivity index (χ1v) is 13.4. The first kappa shape index (κ1) is 26.5. The number of hydrogen-bond acceptors (Lipinski definition) is 4. The summed E-state index contributed by atoms with van der Waals surface area (Å²) < 4.78 is 5.71. The molecule has 4 aliphatic rings. The fourth-order valence-corrected chi connectivity index (χ4v) is 6.25. The summed E-state index contributed by atoms with van der Waals surface area (Å²) in [6.07, 6.45) is 14.7. The van der Waals surface area contributed by atoms with Crippen LogP contribution in [0.1, 0.15) is 77.6 Å². The van der Waals surface area contributed by atoms with Gasteiger partial charge in [0.05, 0.1) is 6.54 Å². The Balaban J connectivity index is 0.00000289. The third-order valence-corrected chi connectivity index (χ3v) is 8.25. The minimum absolute atomic E-state index is 0. The van der Waals surface area contributed by atoms with Gasteiger partial charge in [0.25, 0.3) is 0 Å². The van der Waals surface area contributed by atoms with Crippen LogP contribution in [0.25, 0.3) is 0 Å². The van der Waals surface area contributed by atoms with E-state index in [-0.39, 0.29) is 29.5 Å². The predicted octanol–water partition coefficient (Wildman–Crippen LogP) is 3.85. The second kappa shape index (κ2) is 13.7. The Morgan fingerprint density at radius 2 is 1.62 bits per heavy atom. The van der Waals surface area contributed by atoms with Gasteiger partial charge in [0.1, 0.15) is 0 Å². The quantitative estimate of drug-likeness (QED) is 0.281. The Morgan fingerprint density at radius 1 is 0.938 bits per heavy atom. The van der Waals surface area contributed by atoms with Gasteiger partial charge in [-0.1, -0.05) is 19.3 Å². The summed E-state index contributed by atoms with van der Waals surface area (Å²) in [5.41, 5.74) is 0.209. The molecule has 4 fully saturated rings. The Hall–Kier alpha value is -0.120. The molecule has 0 radical (unpaired) electrons. The molecule has 0 unspecified atom stereocenters. The summed E-state index contributed by atoms with van der Waals surface area (Å²) in [4.78, 5) is 10.6. The van der Waals surface area contributed by atoms with E-state index >= 15 is 0 Å². The van der Waals surface area contributed by atoms with E-state index in [0.717, 1.165) is 51.0 Å². The van der Waals surface area contributed by atoms with Crippen LogP contribution in [-0.4, -0.2) is 86.4 Å². The standard InChI is InChI=1S/C25H47N5O.HI/c1-2-26-24(27-21-25(12-18-31-19-13-25)30-14-6-7-15-30)28-23-10-16-29(17-11-23)20-22-8-4-3-5-9-22;/h22-23H,2-21H2,1H3,(H2,26,27,28);1H. The van der Waals surface area contributed by atoms with Crippen molar-refractivity contribution in [1.29, 1.82) is 0 Å². The molecule has 0 aromatic heterocycles. The number of nitrogens with one attached hydrogen (secondary N) is 2. The molecule has 3 saturated heterocycles. The lowest BCUT2D eigenvalue weighted by Crippen LogP contribution is -2.54. The lowest BCUT2D eigenvalue weighted by Gasteiger charge is -2.43. The maximum Gasteiger partial charge on any atom is 0.191 e. The number of likely N-dealkylation sites (tertiary alicyclic amines) is 2. The van der Waals surface area contributed by atoms with E-state index in [4.69, 9.17) is 9.73 Å². The first-order valence-electron chi connectivity index (χ1n) is 13.4. The van der Waals surface area contributed by atoms with Crippen molar-refractivity contribution in [2.75, 3.05) is 59.0 Å². The van der Waals surface area contributed by atoms with E-state index in [1.807, 2.05) is 0 Å². The molecular weight excluding hydrogens is 513 g/mol. The number of ether oxygens (including phenoxy) is 1. The summed E-state index contributed by atoms with van der Waals surface area (Å²) in [5.74, 6) is 1.98. The van der Waals surface area contributed by atoms with E-state index in [9.17, 15) is 0 Å². The highest BCUT2D eigenvalue weighted by atomic mass is 127. The van der Waals surface area contributed by atoms with Crippen molar-refractivity contribution < 1.29 is 4.74 Å². The van der Waals surface area contributed by atoms with Crippen molar-refractivity contribution in [1.82, 2.24) is 20.4 Å². The molecule has 0 spiro atoms. The summed E-state index contributed by atoms with van der Waals surface area (Å²) in [6, 6.07) is 0.554. The van der Waals surface area contributed by atoms with Gasteiger partial charge in [0.2, 0.25) is 0 Å². The molecule has 0 aromatic carbocycles. The molecule has 3 heterocycles. The van der Waals surface area contributed by atoms with Gasteiger partial charge in [-0.05, 0) is 77.3 Å². The Labute approximate surface area is 213 Å². The zero-order valence-corrected chi connectivity index (χ0v) is 22.8. The predicted molar refractivity (Wildman–Crippen MR) is 144 cm³/mol. The molecule has 6 nitrogen and oxygen atoms in total. The van der Waals surface area contributed by atoms with Gasteiger partial charge in [0.15, 0.2) is 5.96 Å². The zero-order valence-electron chi connectivity index (χ0n) is 20.5. The average molecular weight is 562 g/mol. The highest BCUT2D eigenvalue weighted by molar-refractivity contribution is 14.0. The van der Waals surface area contributed by atoms with Crippen LogP contribution in [0, 0.1) is 5.92 Å². The van der Waals surface area contributed by atoms with Gasteiger partial charge in [0, 0.05) is 51.0 Å². The minimum Gasteiger partial charge on any atom is -0.381 e. The number of aliphatic imine (C=N–C) groups is 1. The second-order valence-corrected chi connectivity index (χ2v) is 10.4. The third kappa shape index (κ3) is 7.44. The number of piperidine rings is 1. The van der Waals surface area contributed by atoms with Crippen LogP contribution in [0.3, 0.4) is 0 Å². The molecule has 186 valence electrons. The second-order valence-electron chi connectivity index (χ2n) is 10.4. The lowest BCUT2D eigenvalue weighted by atomic mass is 9.88. The van der Waals surface area contributed by atoms with Gasteiger partial charge >= 0.3 is 0 Å². The van der Waals surface area contributed by atoms with Crippen molar-refractivity contribution in [3.8, 4) is 0 Å². The minimum atomic E-state index is 0. The van der Waals surface area contributed by atoms with E-state index < -0.39 is 0 Å². The number of nitrogens with zero attached hydrogens (tertiary/aromatic N) is 3. The van der Waals surface area contributed by atoms with Crippen LogP contribution in [0.2, 0.25) is 0 Å². The van der Waals surface area contributed by atoms with Crippen molar-refractivity contribution in [3.63, 3.8) is 0 Å². The number of guanidine groups is 1. The van der Waals surface area contributed by atoms with Crippen LogP contribution >= 0.6 is 24.0 Å². The molecule has 0 aromatic rings. The van der Waals surface area contributed by atoms with E-state index in [2.05, 4.69) is 27.4 Å². The maximum absolute atomic E-state index is 5.71. The average Bonchev–Trinajstić information content (AvgIpc) is 3.36. The fourth-order valence-electron chi connectivity index (χ4n) is 6.25. The molecule has 2 N–H and O–H groups in total. The molecule has 4 rings (SSSR count). The van der Waals surface area contributed by atoms with E-state index in [1.165, 1.54) is 90.5 Å². The van der Waals surface area contributed by atoms with Gasteiger partial charge in [-0.25, -0.2) is 0 Å². The monoisotopic (exact) mass is 561 g/mol. The van der Waals surface area contributed by atoms with Gasteiger partial charge in [-0.2, -0.15) is 0 Å². The molecule has 0 amide bonds. The molecule has 1 saturated carbocycles. The third-order valence-electron chi connectivity index (χ3n) is 8.25. The maximum atomic E-state index is 5.71. The van der Waals surface area contributed by atoms with Gasteiger partial charge < -0.3 is 20.3 Å². The Bertz CT molecular complexity index is 549.